The number of anilines is 1. The minimum absolute atomic E-state index is 0.116. The minimum atomic E-state index is -3.89. The van der Waals surface area contributed by atoms with E-state index in [-0.39, 0.29) is 18.0 Å². The summed E-state index contributed by atoms with van der Waals surface area (Å²) in [4.78, 5) is 12.3. The van der Waals surface area contributed by atoms with Crippen molar-refractivity contribution in [1.82, 2.24) is 5.32 Å². The van der Waals surface area contributed by atoms with Crippen LogP contribution in [0.1, 0.15) is 6.92 Å². The molecule has 0 bridgehead atoms. The Bertz CT molecular complexity index is 834. The Hall–Kier alpha value is -2.80. The molecule has 2 rings (SSSR count). The zero-order chi connectivity index (χ0) is 19.0. The van der Waals surface area contributed by atoms with Gasteiger partial charge in [0.25, 0.3) is 10.0 Å². The average molecular weight is 374 g/mol. The van der Waals surface area contributed by atoms with Crippen LogP contribution in [0, 0.1) is 0 Å². The number of ether oxygens (including phenoxy) is 1. The van der Waals surface area contributed by atoms with Crippen molar-refractivity contribution < 1.29 is 17.9 Å². The van der Waals surface area contributed by atoms with Crippen molar-refractivity contribution in [2.75, 3.05) is 24.0 Å². The second-order valence-corrected chi connectivity index (χ2v) is 7.21. The molecule has 0 unspecified atom stereocenters. The normalized spacial score (nSPS) is 10.8. The molecule has 7 heteroatoms. The summed E-state index contributed by atoms with van der Waals surface area (Å²) in [7, 11) is -3.89. The third-order valence-corrected chi connectivity index (χ3v) is 5.29. The molecule has 2 aromatic carbocycles. The molecule has 26 heavy (non-hydrogen) atoms. The first-order valence-electron chi connectivity index (χ1n) is 8.17. The van der Waals surface area contributed by atoms with Crippen LogP contribution in [0.4, 0.5) is 5.69 Å². The molecule has 0 radical (unpaired) electrons. The Balaban J connectivity index is 2.38. The third kappa shape index (κ3) is 4.86. The van der Waals surface area contributed by atoms with E-state index in [9.17, 15) is 13.2 Å². The fraction of sp³-hybridized carbons (Fsp3) is 0.211. The van der Waals surface area contributed by atoms with Crippen LogP contribution in [0.2, 0.25) is 0 Å². The number of carbonyl (C=O) groups is 1. The molecule has 138 valence electrons. The lowest BCUT2D eigenvalue weighted by molar-refractivity contribution is -0.119. The Labute approximate surface area is 154 Å². The molecule has 0 atom stereocenters. The van der Waals surface area contributed by atoms with Crippen molar-refractivity contribution in [2.24, 2.45) is 0 Å². The number of rotatable bonds is 9. The van der Waals surface area contributed by atoms with Gasteiger partial charge in [-0.25, -0.2) is 8.42 Å². The van der Waals surface area contributed by atoms with Gasteiger partial charge in [0.05, 0.1) is 17.2 Å². The average Bonchev–Trinajstić information content (AvgIpc) is 2.66. The SMILES string of the molecule is C=CCNC(=O)CN(c1ccc(OCC)cc1)S(=O)(=O)c1ccccc1. The number of nitrogens with zero attached hydrogens (tertiary/aromatic N) is 1. The minimum Gasteiger partial charge on any atom is -0.494 e. The predicted molar refractivity (Wildman–Crippen MR) is 102 cm³/mol. The summed E-state index contributed by atoms with van der Waals surface area (Å²) in [6.45, 7) is 5.84. The first kappa shape index (κ1) is 19.5. The summed E-state index contributed by atoms with van der Waals surface area (Å²) in [5.74, 6) is 0.211. The monoisotopic (exact) mass is 374 g/mol. The van der Waals surface area contributed by atoms with E-state index in [1.54, 1.807) is 42.5 Å². The summed E-state index contributed by atoms with van der Waals surface area (Å²) in [5.41, 5.74) is 0.381. The lowest BCUT2D eigenvalue weighted by atomic mass is 10.3. The Morgan fingerprint density at radius 2 is 1.81 bits per heavy atom. The zero-order valence-corrected chi connectivity index (χ0v) is 15.4. The molecule has 0 heterocycles. The van der Waals surface area contributed by atoms with Crippen LogP contribution in [0.3, 0.4) is 0 Å². The van der Waals surface area contributed by atoms with Gasteiger partial charge in [-0.3, -0.25) is 9.10 Å². The lowest BCUT2D eigenvalue weighted by Crippen LogP contribution is -2.40. The highest BCUT2D eigenvalue weighted by Crippen LogP contribution is 2.25. The quantitative estimate of drug-likeness (QED) is 0.685. The van der Waals surface area contributed by atoms with E-state index >= 15 is 0 Å². The van der Waals surface area contributed by atoms with Gasteiger partial charge >= 0.3 is 0 Å². The van der Waals surface area contributed by atoms with Gasteiger partial charge in [-0.05, 0) is 43.3 Å². The molecule has 0 spiro atoms. The summed E-state index contributed by atoms with van der Waals surface area (Å²) < 4.78 is 32.6. The van der Waals surface area contributed by atoms with Crippen LogP contribution < -0.4 is 14.4 Å². The van der Waals surface area contributed by atoms with Gasteiger partial charge in [0.15, 0.2) is 0 Å². The van der Waals surface area contributed by atoms with Crippen LogP contribution >= 0.6 is 0 Å². The predicted octanol–water partition coefficient (Wildman–Crippen LogP) is 2.58. The third-order valence-electron chi connectivity index (χ3n) is 3.50. The molecule has 0 saturated carbocycles. The highest BCUT2D eigenvalue weighted by Gasteiger charge is 2.26. The van der Waals surface area contributed by atoms with Gasteiger partial charge in [-0.2, -0.15) is 0 Å². The first-order valence-corrected chi connectivity index (χ1v) is 9.61. The zero-order valence-electron chi connectivity index (χ0n) is 14.6. The number of nitrogens with one attached hydrogen (secondary N) is 1. The maximum Gasteiger partial charge on any atom is 0.264 e. The van der Waals surface area contributed by atoms with Crippen LogP contribution in [-0.4, -0.2) is 34.0 Å². The maximum atomic E-state index is 13.0. The van der Waals surface area contributed by atoms with Gasteiger partial charge in [0, 0.05) is 6.54 Å². The number of amides is 1. The van der Waals surface area contributed by atoms with Crippen LogP contribution in [0.25, 0.3) is 0 Å². The second-order valence-electron chi connectivity index (χ2n) is 5.34. The van der Waals surface area contributed by atoms with Crippen LogP contribution in [0.15, 0.2) is 72.1 Å². The van der Waals surface area contributed by atoms with Gasteiger partial charge in [0.2, 0.25) is 5.91 Å². The fourth-order valence-electron chi connectivity index (χ4n) is 2.28. The summed E-state index contributed by atoms with van der Waals surface area (Å²) in [6, 6.07) is 14.6. The van der Waals surface area contributed by atoms with Crippen molar-refractivity contribution >= 4 is 21.6 Å². The standard InChI is InChI=1S/C19H22N2O4S/c1-3-14-20-19(22)15-21(16-10-12-17(13-11-16)25-4-2)26(23,24)18-8-6-5-7-9-18/h3,5-13H,1,4,14-15H2,2H3,(H,20,22). The summed E-state index contributed by atoms with van der Waals surface area (Å²) in [6.07, 6.45) is 1.53. The molecule has 0 aliphatic heterocycles. The van der Waals surface area contributed by atoms with Crippen molar-refractivity contribution in [1.29, 1.82) is 0 Å². The van der Waals surface area contributed by atoms with E-state index in [0.717, 1.165) is 4.31 Å². The molecular formula is C19H22N2O4S. The number of sulfonamides is 1. The topological polar surface area (TPSA) is 75.7 Å². The number of hydrogen-bond acceptors (Lipinski definition) is 4. The van der Waals surface area contributed by atoms with Crippen LogP contribution in [0.5, 0.6) is 5.75 Å². The van der Waals surface area contributed by atoms with E-state index in [2.05, 4.69) is 11.9 Å². The smallest absolute Gasteiger partial charge is 0.264 e. The summed E-state index contributed by atoms with van der Waals surface area (Å²) >= 11 is 0. The van der Waals surface area contributed by atoms with E-state index in [1.165, 1.54) is 18.2 Å². The Morgan fingerprint density at radius 3 is 2.38 bits per heavy atom. The summed E-state index contributed by atoms with van der Waals surface area (Å²) in [5, 5.41) is 2.60. The fourth-order valence-corrected chi connectivity index (χ4v) is 3.72. The number of benzene rings is 2. The maximum absolute atomic E-state index is 13.0. The van der Waals surface area contributed by atoms with E-state index < -0.39 is 15.9 Å². The van der Waals surface area contributed by atoms with Crippen molar-refractivity contribution in [2.45, 2.75) is 11.8 Å². The molecule has 2 aromatic rings. The number of carbonyl (C=O) groups excluding carboxylic acids is 1. The lowest BCUT2D eigenvalue weighted by Gasteiger charge is -2.24. The van der Waals surface area contributed by atoms with E-state index in [0.29, 0.717) is 18.0 Å². The van der Waals surface area contributed by atoms with Crippen molar-refractivity contribution in [3.63, 3.8) is 0 Å². The molecule has 0 fully saturated rings. The van der Waals surface area contributed by atoms with E-state index in [4.69, 9.17) is 4.74 Å². The van der Waals surface area contributed by atoms with Gasteiger partial charge < -0.3 is 10.1 Å². The molecule has 6 nitrogen and oxygen atoms in total. The van der Waals surface area contributed by atoms with Crippen molar-refractivity contribution in [3.8, 4) is 5.75 Å². The van der Waals surface area contributed by atoms with Crippen molar-refractivity contribution in [3.05, 3.63) is 67.3 Å². The van der Waals surface area contributed by atoms with Crippen LogP contribution in [-0.2, 0) is 14.8 Å². The van der Waals surface area contributed by atoms with Gasteiger partial charge in [0.1, 0.15) is 12.3 Å². The number of hydrogen-bond donors (Lipinski definition) is 1. The van der Waals surface area contributed by atoms with E-state index in [1.807, 2.05) is 6.92 Å². The first-order chi connectivity index (χ1) is 12.5. The van der Waals surface area contributed by atoms with Gasteiger partial charge in [-0.1, -0.05) is 24.3 Å². The highest BCUT2D eigenvalue weighted by atomic mass is 32.2. The molecular weight excluding hydrogens is 352 g/mol. The molecule has 0 saturated heterocycles. The largest absolute Gasteiger partial charge is 0.494 e. The Morgan fingerprint density at radius 1 is 1.15 bits per heavy atom. The molecule has 0 aliphatic rings. The Kier molecular flexibility index (Phi) is 6.80. The highest BCUT2D eigenvalue weighted by molar-refractivity contribution is 7.92. The molecule has 0 aromatic heterocycles. The molecule has 1 amide bonds. The second kappa shape index (κ2) is 9.05. The molecule has 1 N–H and O–H groups in total. The molecule has 0 aliphatic carbocycles. The van der Waals surface area contributed by atoms with Gasteiger partial charge in [-0.15, -0.1) is 6.58 Å².